The fourth-order valence-electron chi connectivity index (χ4n) is 3.97. The van der Waals surface area contributed by atoms with Gasteiger partial charge >= 0.3 is 0 Å². The van der Waals surface area contributed by atoms with Crippen LogP contribution in [-0.4, -0.2) is 62.0 Å². The Morgan fingerprint density at radius 2 is 1.76 bits per heavy atom. The number of para-hydroxylation sites is 2. The summed E-state index contributed by atoms with van der Waals surface area (Å²) in [6.07, 6.45) is 3.10. The summed E-state index contributed by atoms with van der Waals surface area (Å²) in [5, 5.41) is 13.0. The van der Waals surface area contributed by atoms with Gasteiger partial charge in [0.25, 0.3) is 5.91 Å². The molecule has 178 valence electrons. The van der Waals surface area contributed by atoms with Crippen LogP contribution in [-0.2, 0) is 4.79 Å². The summed E-state index contributed by atoms with van der Waals surface area (Å²) in [5.41, 5.74) is 1.71. The smallest absolute Gasteiger partial charge is 0.276 e. The van der Waals surface area contributed by atoms with Crippen molar-refractivity contribution in [2.75, 3.05) is 13.1 Å². The maximum absolute atomic E-state index is 13.3. The van der Waals surface area contributed by atoms with Gasteiger partial charge in [-0.1, -0.05) is 26.0 Å². The first-order chi connectivity index (χ1) is 16.3. The van der Waals surface area contributed by atoms with Gasteiger partial charge in [-0.05, 0) is 37.1 Å². The van der Waals surface area contributed by atoms with Crippen molar-refractivity contribution >= 4 is 22.8 Å². The van der Waals surface area contributed by atoms with Crippen LogP contribution in [0.25, 0.3) is 11.0 Å². The number of likely N-dealkylation sites (tertiary alicyclic amines) is 1. The van der Waals surface area contributed by atoms with Gasteiger partial charge in [0.15, 0.2) is 5.69 Å². The zero-order chi connectivity index (χ0) is 24.2. The molecule has 3 heterocycles. The Hall–Kier alpha value is -3.75. The Morgan fingerprint density at radius 3 is 2.38 bits per heavy atom. The van der Waals surface area contributed by atoms with Crippen molar-refractivity contribution in [3.8, 4) is 11.6 Å². The minimum atomic E-state index is -0.751. The molecule has 1 aliphatic heterocycles. The number of fused-ring (bicyclic) bond motifs is 1. The minimum Gasteiger partial charge on any atom is -0.492 e. The van der Waals surface area contributed by atoms with Crippen LogP contribution in [0.2, 0.25) is 0 Å². The van der Waals surface area contributed by atoms with E-state index >= 15 is 0 Å². The Bertz CT molecular complexity index is 1170. The van der Waals surface area contributed by atoms with Gasteiger partial charge in [0.1, 0.15) is 17.9 Å². The number of carbonyl (C=O) groups is 2. The first-order valence-electron chi connectivity index (χ1n) is 11.5. The Kier molecular flexibility index (Phi) is 6.90. The van der Waals surface area contributed by atoms with E-state index in [9.17, 15) is 14.7 Å². The first kappa shape index (κ1) is 23.4. The number of hydrogen-bond acceptors (Lipinski definition) is 7. The van der Waals surface area contributed by atoms with Crippen LogP contribution in [0.15, 0.2) is 42.6 Å². The van der Waals surface area contributed by atoms with Crippen LogP contribution in [0.1, 0.15) is 42.9 Å². The molecule has 3 aromatic rings. The SMILES string of the molecule is Cc1ccc(OC2CCN(C(=O)[C@@H](NC(=O)c3nc4ccccc4nc3O)C(C)C)CC2)cn1. The third-order valence-corrected chi connectivity index (χ3v) is 5.93. The van der Waals surface area contributed by atoms with Crippen molar-refractivity contribution in [3.63, 3.8) is 0 Å². The van der Waals surface area contributed by atoms with E-state index in [0.717, 1.165) is 11.4 Å². The van der Waals surface area contributed by atoms with Crippen molar-refractivity contribution in [2.24, 2.45) is 5.92 Å². The highest BCUT2D eigenvalue weighted by molar-refractivity contribution is 5.99. The van der Waals surface area contributed by atoms with E-state index in [-0.39, 0.29) is 23.6 Å². The topological polar surface area (TPSA) is 118 Å². The zero-order valence-corrected chi connectivity index (χ0v) is 19.6. The molecule has 2 N–H and O–H groups in total. The van der Waals surface area contributed by atoms with Crippen molar-refractivity contribution in [1.82, 2.24) is 25.2 Å². The number of rotatable bonds is 6. The molecule has 0 unspecified atom stereocenters. The molecular weight excluding hydrogens is 434 g/mol. The molecule has 1 saturated heterocycles. The number of carbonyl (C=O) groups excluding carboxylic acids is 2. The number of aromatic hydroxyl groups is 1. The second-order valence-corrected chi connectivity index (χ2v) is 8.86. The lowest BCUT2D eigenvalue weighted by Crippen LogP contribution is -2.53. The molecule has 2 aromatic heterocycles. The van der Waals surface area contributed by atoms with Crippen LogP contribution in [0.3, 0.4) is 0 Å². The van der Waals surface area contributed by atoms with Crippen LogP contribution < -0.4 is 10.1 Å². The third-order valence-electron chi connectivity index (χ3n) is 5.93. The third kappa shape index (κ3) is 5.24. The molecule has 1 aromatic carbocycles. The van der Waals surface area contributed by atoms with Gasteiger partial charge in [-0.25, -0.2) is 9.97 Å². The van der Waals surface area contributed by atoms with Gasteiger partial charge < -0.3 is 20.1 Å². The lowest BCUT2D eigenvalue weighted by Gasteiger charge is -2.35. The van der Waals surface area contributed by atoms with Crippen LogP contribution in [0.4, 0.5) is 0 Å². The monoisotopic (exact) mass is 463 g/mol. The number of aromatic nitrogens is 3. The molecule has 2 amide bonds. The van der Waals surface area contributed by atoms with Gasteiger partial charge in [0.05, 0.1) is 17.2 Å². The highest BCUT2D eigenvalue weighted by atomic mass is 16.5. The molecule has 4 rings (SSSR count). The van der Waals surface area contributed by atoms with E-state index in [1.165, 1.54) is 0 Å². The average Bonchev–Trinajstić information content (AvgIpc) is 2.83. The van der Waals surface area contributed by atoms with Crippen LogP contribution >= 0.6 is 0 Å². The minimum absolute atomic E-state index is 0.00506. The zero-order valence-electron chi connectivity index (χ0n) is 19.6. The first-order valence-corrected chi connectivity index (χ1v) is 11.5. The number of ether oxygens (including phenoxy) is 1. The van der Waals surface area contributed by atoms with Gasteiger partial charge in [-0.3, -0.25) is 14.6 Å². The summed E-state index contributed by atoms with van der Waals surface area (Å²) >= 11 is 0. The summed E-state index contributed by atoms with van der Waals surface area (Å²) < 4.78 is 6.00. The van der Waals surface area contributed by atoms with E-state index in [0.29, 0.717) is 37.0 Å². The number of hydrogen-bond donors (Lipinski definition) is 2. The van der Waals surface area contributed by atoms with E-state index < -0.39 is 17.8 Å². The number of amides is 2. The number of nitrogens with one attached hydrogen (secondary N) is 1. The molecule has 0 bridgehead atoms. The number of benzene rings is 1. The average molecular weight is 464 g/mol. The molecule has 0 spiro atoms. The van der Waals surface area contributed by atoms with E-state index in [1.807, 2.05) is 32.9 Å². The summed E-state index contributed by atoms with van der Waals surface area (Å²) in [6.45, 7) is 6.72. The van der Waals surface area contributed by atoms with Crippen LogP contribution in [0.5, 0.6) is 11.6 Å². The summed E-state index contributed by atoms with van der Waals surface area (Å²) in [6, 6.07) is 10.0. The summed E-state index contributed by atoms with van der Waals surface area (Å²) in [5.74, 6) is -0.687. The van der Waals surface area contributed by atoms with E-state index in [1.54, 1.807) is 35.4 Å². The quantitative estimate of drug-likeness (QED) is 0.577. The van der Waals surface area contributed by atoms with Gasteiger partial charge in [0.2, 0.25) is 11.8 Å². The molecular formula is C25H29N5O4. The molecule has 0 radical (unpaired) electrons. The van der Waals surface area contributed by atoms with E-state index in [2.05, 4.69) is 20.3 Å². The highest BCUT2D eigenvalue weighted by Crippen LogP contribution is 2.21. The van der Waals surface area contributed by atoms with Gasteiger partial charge in [0, 0.05) is 31.6 Å². The normalized spacial score (nSPS) is 15.4. The van der Waals surface area contributed by atoms with Crippen molar-refractivity contribution in [2.45, 2.75) is 45.8 Å². The Balaban J connectivity index is 1.39. The number of aryl methyl sites for hydroxylation is 1. The predicted octanol–water partition coefficient (Wildman–Crippen LogP) is 2.86. The molecule has 9 heteroatoms. The lowest BCUT2D eigenvalue weighted by molar-refractivity contribution is -0.136. The predicted molar refractivity (Wildman–Crippen MR) is 126 cm³/mol. The van der Waals surface area contributed by atoms with Gasteiger partial charge in [-0.2, -0.15) is 0 Å². The summed E-state index contributed by atoms with van der Waals surface area (Å²) in [4.78, 5) is 40.5. The summed E-state index contributed by atoms with van der Waals surface area (Å²) in [7, 11) is 0. The Labute approximate surface area is 198 Å². The molecule has 1 aliphatic rings. The number of piperidine rings is 1. The maximum atomic E-state index is 13.3. The number of nitrogens with zero attached hydrogens (tertiary/aromatic N) is 4. The second-order valence-electron chi connectivity index (χ2n) is 8.86. The highest BCUT2D eigenvalue weighted by Gasteiger charge is 2.33. The molecule has 9 nitrogen and oxygen atoms in total. The molecule has 0 saturated carbocycles. The molecule has 34 heavy (non-hydrogen) atoms. The lowest BCUT2D eigenvalue weighted by atomic mass is 10.00. The van der Waals surface area contributed by atoms with E-state index in [4.69, 9.17) is 4.74 Å². The van der Waals surface area contributed by atoms with Crippen molar-refractivity contribution in [1.29, 1.82) is 0 Å². The van der Waals surface area contributed by atoms with Crippen molar-refractivity contribution in [3.05, 3.63) is 54.0 Å². The standard InChI is InChI=1S/C25H29N5O4/c1-15(2)21(29-24(32)22-23(31)28-20-7-5-4-6-19(20)27-22)25(33)30-12-10-17(11-13-30)34-18-9-8-16(3)26-14-18/h4-9,14-15,17,21H,10-13H2,1-3H3,(H,28,31)(H,29,32)/t21-/m0/s1. The second kappa shape index (κ2) is 10.0. The molecule has 1 fully saturated rings. The van der Waals surface area contributed by atoms with Crippen LogP contribution in [0, 0.1) is 12.8 Å². The number of pyridine rings is 1. The Morgan fingerprint density at radius 1 is 1.09 bits per heavy atom. The maximum Gasteiger partial charge on any atom is 0.276 e. The fourth-order valence-corrected chi connectivity index (χ4v) is 3.97. The largest absolute Gasteiger partial charge is 0.492 e. The fraction of sp³-hybridized carbons (Fsp3) is 0.400. The molecule has 1 atom stereocenters. The molecule has 0 aliphatic carbocycles. The van der Waals surface area contributed by atoms with Crippen molar-refractivity contribution < 1.29 is 19.4 Å². The van der Waals surface area contributed by atoms with Gasteiger partial charge in [-0.15, -0.1) is 0 Å².